The number of hydrogen-bond donors (Lipinski definition) is 1. The number of fused-ring (bicyclic) bond motifs is 1. The number of halogens is 2. The fourth-order valence-electron chi connectivity index (χ4n) is 3.38. The molecule has 1 unspecified atom stereocenters. The van der Waals surface area contributed by atoms with E-state index in [1.54, 1.807) is 16.8 Å². The predicted molar refractivity (Wildman–Crippen MR) is 110 cm³/mol. The number of nitrogens with zero attached hydrogens (tertiary/aromatic N) is 1. The quantitative estimate of drug-likeness (QED) is 0.445. The van der Waals surface area contributed by atoms with Crippen molar-refractivity contribution >= 4 is 28.5 Å². The average Bonchev–Trinajstić information content (AvgIpc) is 3.13. The molecule has 0 radical (unpaired) electrons. The van der Waals surface area contributed by atoms with Crippen molar-refractivity contribution in [3.05, 3.63) is 101 Å². The van der Waals surface area contributed by atoms with E-state index in [9.17, 15) is 14.3 Å². The lowest BCUT2D eigenvalue weighted by Crippen LogP contribution is -2.20. The lowest BCUT2D eigenvalue weighted by molar-refractivity contribution is -0.139. The maximum Gasteiger partial charge on any atom is 0.331 e. The highest BCUT2D eigenvalue weighted by Crippen LogP contribution is 2.34. The van der Waals surface area contributed by atoms with Crippen molar-refractivity contribution in [1.82, 2.24) is 4.57 Å². The van der Waals surface area contributed by atoms with Gasteiger partial charge in [-0.25, -0.2) is 9.18 Å². The van der Waals surface area contributed by atoms with Gasteiger partial charge in [-0.1, -0.05) is 60.1 Å². The van der Waals surface area contributed by atoms with Gasteiger partial charge in [-0.05, 0) is 29.8 Å². The highest BCUT2D eigenvalue weighted by molar-refractivity contribution is 6.31. The van der Waals surface area contributed by atoms with Crippen LogP contribution in [0.15, 0.2) is 79.0 Å². The zero-order valence-corrected chi connectivity index (χ0v) is 16.0. The van der Waals surface area contributed by atoms with E-state index in [0.717, 1.165) is 17.0 Å². The van der Waals surface area contributed by atoms with Crippen molar-refractivity contribution < 1.29 is 19.0 Å². The van der Waals surface area contributed by atoms with Crippen LogP contribution < -0.4 is 4.74 Å². The van der Waals surface area contributed by atoms with Crippen molar-refractivity contribution in [2.75, 3.05) is 0 Å². The highest BCUT2D eigenvalue weighted by atomic mass is 35.5. The van der Waals surface area contributed by atoms with Crippen LogP contribution in [0.25, 0.3) is 10.9 Å². The largest absolute Gasteiger partial charge is 0.487 e. The molecule has 0 spiro atoms. The number of ether oxygens (including phenoxy) is 1. The first-order valence-electron chi connectivity index (χ1n) is 8.98. The predicted octanol–water partition coefficient (Wildman–Crippen LogP) is 5.69. The molecule has 0 aliphatic heterocycles. The Kier molecular flexibility index (Phi) is 5.23. The van der Waals surface area contributed by atoms with Crippen molar-refractivity contribution in [2.45, 2.75) is 12.6 Å². The summed E-state index contributed by atoms with van der Waals surface area (Å²) in [4.78, 5) is 12.2. The normalized spacial score (nSPS) is 12.1. The van der Waals surface area contributed by atoms with Crippen LogP contribution >= 0.6 is 11.6 Å². The van der Waals surface area contributed by atoms with Gasteiger partial charge >= 0.3 is 5.97 Å². The molecule has 1 atom stereocenters. The van der Waals surface area contributed by atoms with Crippen LogP contribution in [0.5, 0.6) is 5.75 Å². The SMILES string of the molecule is O=C(O)C(c1ccc(F)cc1Cl)n1ccc2cccc(OCc3ccccc3)c21. The summed E-state index contributed by atoms with van der Waals surface area (Å²) in [5, 5.41) is 10.8. The summed E-state index contributed by atoms with van der Waals surface area (Å²) in [7, 11) is 0. The summed E-state index contributed by atoms with van der Waals surface area (Å²) in [5.74, 6) is -1.07. The van der Waals surface area contributed by atoms with Gasteiger partial charge < -0.3 is 14.4 Å². The van der Waals surface area contributed by atoms with Gasteiger partial charge in [0.2, 0.25) is 0 Å². The molecule has 29 heavy (non-hydrogen) atoms. The van der Waals surface area contributed by atoms with E-state index in [0.29, 0.717) is 23.4 Å². The summed E-state index contributed by atoms with van der Waals surface area (Å²) >= 11 is 6.17. The van der Waals surface area contributed by atoms with E-state index in [1.807, 2.05) is 48.5 Å². The van der Waals surface area contributed by atoms with Crippen molar-refractivity contribution in [2.24, 2.45) is 0 Å². The standard InChI is InChI=1S/C23H17ClFNO3/c24-19-13-17(25)9-10-18(19)22(23(27)28)26-12-11-16-7-4-8-20(21(16)26)29-14-15-5-2-1-3-6-15/h1-13,22H,14H2,(H,27,28). The monoisotopic (exact) mass is 409 g/mol. The fourth-order valence-corrected chi connectivity index (χ4v) is 3.65. The Balaban J connectivity index is 1.79. The van der Waals surface area contributed by atoms with Crippen LogP contribution in [-0.4, -0.2) is 15.6 Å². The number of aliphatic carboxylic acids is 1. The van der Waals surface area contributed by atoms with Crippen LogP contribution in [0.2, 0.25) is 5.02 Å². The van der Waals surface area contributed by atoms with E-state index >= 15 is 0 Å². The summed E-state index contributed by atoms with van der Waals surface area (Å²) in [5.41, 5.74) is 1.94. The van der Waals surface area contributed by atoms with Crippen LogP contribution in [0.3, 0.4) is 0 Å². The van der Waals surface area contributed by atoms with Crippen molar-refractivity contribution in [3.63, 3.8) is 0 Å². The average molecular weight is 410 g/mol. The summed E-state index contributed by atoms with van der Waals surface area (Å²) < 4.78 is 21.1. The number of benzene rings is 3. The first-order valence-corrected chi connectivity index (χ1v) is 9.36. The molecule has 1 heterocycles. The molecule has 1 aromatic heterocycles. The molecule has 0 saturated carbocycles. The van der Waals surface area contributed by atoms with Crippen LogP contribution in [0.1, 0.15) is 17.2 Å². The van der Waals surface area contributed by atoms with Gasteiger partial charge in [0, 0.05) is 22.2 Å². The Labute approximate surface area is 171 Å². The first kappa shape index (κ1) is 19.0. The molecular formula is C23H17ClFNO3. The number of aromatic nitrogens is 1. The van der Waals surface area contributed by atoms with Gasteiger partial charge in [0.15, 0.2) is 6.04 Å². The second-order valence-corrected chi connectivity index (χ2v) is 7.01. The fraction of sp³-hybridized carbons (Fsp3) is 0.0870. The zero-order valence-electron chi connectivity index (χ0n) is 15.3. The molecule has 0 aliphatic carbocycles. The van der Waals surface area contributed by atoms with Crippen LogP contribution in [-0.2, 0) is 11.4 Å². The molecule has 0 fully saturated rings. The number of carbonyl (C=O) groups is 1. The minimum absolute atomic E-state index is 0.0573. The molecule has 1 N–H and O–H groups in total. The molecule has 0 aliphatic rings. The third-order valence-corrected chi connectivity index (χ3v) is 5.04. The van der Waals surface area contributed by atoms with Crippen LogP contribution in [0.4, 0.5) is 4.39 Å². The van der Waals surface area contributed by atoms with E-state index < -0.39 is 17.8 Å². The van der Waals surface area contributed by atoms with Crippen LogP contribution in [0, 0.1) is 5.82 Å². The summed E-state index contributed by atoms with van der Waals surface area (Å²) in [6.07, 6.45) is 1.68. The summed E-state index contributed by atoms with van der Waals surface area (Å²) in [6.45, 7) is 0.347. The lowest BCUT2D eigenvalue weighted by atomic mass is 10.1. The van der Waals surface area contributed by atoms with Crippen molar-refractivity contribution in [3.8, 4) is 5.75 Å². The third kappa shape index (κ3) is 3.82. The molecule has 6 heteroatoms. The highest BCUT2D eigenvalue weighted by Gasteiger charge is 2.27. The molecule has 4 aromatic rings. The van der Waals surface area contributed by atoms with Gasteiger partial charge in [-0.15, -0.1) is 0 Å². The number of para-hydroxylation sites is 1. The molecule has 146 valence electrons. The molecule has 4 nitrogen and oxygen atoms in total. The number of carboxylic acids is 1. The maximum absolute atomic E-state index is 13.5. The van der Waals surface area contributed by atoms with E-state index in [2.05, 4.69) is 0 Å². The van der Waals surface area contributed by atoms with Gasteiger partial charge in [0.05, 0.1) is 5.52 Å². The Bertz CT molecular complexity index is 1170. The molecule has 0 amide bonds. The third-order valence-electron chi connectivity index (χ3n) is 4.71. The van der Waals surface area contributed by atoms with Gasteiger partial charge in [0.1, 0.15) is 18.2 Å². The first-order chi connectivity index (χ1) is 14.0. The second kappa shape index (κ2) is 7.97. The Morgan fingerprint density at radius 3 is 2.59 bits per heavy atom. The molecule has 3 aromatic carbocycles. The van der Waals surface area contributed by atoms with E-state index in [4.69, 9.17) is 16.3 Å². The number of hydrogen-bond acceptors (Lipinski definition) is 2. The van der Waals surface area contributed by atoms with E-state index in [1.165, 1.54) is 12.1 Å². The lowest BCUT2D eigenvalue weighted by Gasteiger charge is -2.19. The maximum atomic E-state index is 13.5. The minimum Gasteiger partial charge on any atom is -0.487 e. The molecular weight excluding hydrogens is 393 g/mol. The Hall–Kier alpha value is -3.31. The number of carboxylic acid groups (broad SMARTS) is 1. The smallest absolute Gasteiger partial charge is 0.331 e. The Morgan fingerprint density at radius 1 is 1.07 bits per heavy atom. The summed E-state index contributed by atoms with van der Waals surface area (Å²) in [6, 6.07) is 19.6. The van der Waals surface area contributed by atoms with Gasteiger partial charge in [0.25, 0.3) is 0 Å². The van der Waals surface area contributed by atoms with Gasteiger partial charge in [-0.2, -0.15) is 0 Å². The molecule has 0 bridgehead atoms. The molecule has 0 saturated heterocycles. The minimum atomic E-state index is -1.12. The topological polar surface area (TPSA) is 51.5 Å². The Morgan fingerprint density at radius 2 is 1.86 bits per heavy atom. The van der Waals surface area contributed by atoms with Crippen molar-refractivity contribution in [1.29, 1.82) is 0 Å². The second-order valence-electron chi connectivity index (χ2n) is 6.60. The van der Waals surface area contributed by atoms with Gasteiger partial charge in [-0.3, -0.25) is 0 Å². The number of rotatable bonds is 6. The molecule has 4 rings (SSSR count). The van der Waals surface area contributed by atoms with E-state index in [-0.39, 0.29) is 5.02 Å². The zero-order chi connectivity index (χ0) is 20.4.